The molecule has 1 saturated heterocycles. The number of rotatable bonds is 8. The summed E-state index contributed by atoms with van der Waals surface area (Å²) in [5.41, 5.74) is 1.61. The molecule has 2 aromatic rings. The van der Waals surface area contributed by atoms with Crippen molar-refractivity contribution in [2.45, 2.75) is 19.4 Å². The van der Waals surface area contributed by atoms with Crippen LogP contribution in [-0.4, -0.2) is 50.1 Å². The number of hydrogen-bond donors (Lipinski definition) is 1. The molecule has 0 unspecified atom stereocenters. The molecule has 1 N–H and O–H groups in total. The standard InChI is InChI=1S/C22H24N2O6/c1-28-17-8-9-18(19(12-17)29-2)23-20(25)14-30-22(27)16-6-3-5-15(11-16)13-24-10-4-7-21(24)26/h3,5-6,8-9,11-12H,4,7,10,13-14H2,1-2H3,(H,23,25). The van der Waals surface area contributed by atoms with Crippen LogP contribution in [0.1, 0.15) is 28.8 Å². The van der Waals surface area contributed by atoms with Gasteiger partial charge in [0, 0.05) is 25.6 Å². The predicted octanol–water partition coefficient (Wildman–Crippen LogP) is 2.62. The van der Waals surface area contributed by atoms with E-state index >= 15 is 0 Å². The van der Waals surface area contributed by atoms with E-state index in [1.54, 1.807) is 41.3 Å². The number of esters is 1. The number of nitrogens with zero attached hydrogens (tertiary/aromatic N) is 1. The molecule has 0 aliphatic carbocycles. The molecule has 158 valence electrons. The van der Waals surface area contributed by atoms with Gasteiger partial charge >= 0.3 is 5.97 Å². The molecular weight excluding hydrogens is 388 g/mol. The molecule has 0 spiro atoms. The molecule has 0 aromatic heterocycles. The van der Waals surface area contributed by atoms with Crippen molar-refractivity contribution in [1.82, 2.24) is 4.90 Å². The number of methoxy groups -OCH3 is 2. The van der Waals surface area contributed by atoms with Gasteiger partial charge in [-0.3, -0.25) is 9.59 Å². The van der Waals surface area contributed by atoms with Crippen molar-refractivity contribution < 1.29 is 28.6 Å². The maximum Gasteiger partial charge on any atom is 0.338 e. The van der Waals surface area contributed by atoms with E-state index in [0.29, 0.717) is 35.7 Å². The summed E-state index contributed by atoms with van der Waals surface area (Å²) in [4.78, 5) is 38.1. The molecule has 0 radical (unpaired) electrons. The van der Waals surface area contributed by atoms with Crippen molar-refractivity contribution in [1.29, 1.82) is 0 Å². The third-order valence-corrected chi connectivity index (χ3v) is 4.72. The van der Waals surface area contributed by atoms with Crippen molar-refractivity contribution in [2.24, 2.45) is 0 Å². The van der Waals surface area contributed by atoms with Gasteiger partial charge in [0.1, 0.15) is 11.5 Å². The van der Waals surface area contributed by atoms with Crippen LogP contribution in [0.2, 0.25) is 0 Å². The van der Waals surface area contributed by atoms with Gasteiger partial charge in [0.2, 0.25) is 5.91 Å². The zero-order valence-corrected chi connectivity index (χ0v) is 17.0. The minimum absolute atomic E-state index is 0.119. The van der Waals surface area contributed by atoms with E-state index in [1.165, 1.54) is 14.2 Å². The number of carbonyl (C=O) groups is 3. The van der Waals surface area contributed by atoms with Gasteiger partial charge in [0.25, 0.3) is 5.91 Å². The average Bonchev–Trinajstić information content (AvgIpc) is 3.16. The van der Waals surface area contributed by atoms with E-state index < -0.39 is 18.5 Å². The molecule has 3 rings (SSSR count). The molecule has 0 saturated carbocycles. The number of nitrogens with one attached hydrogen (secondary N) is 1. The average molecular weight is 412 g/mol. The van der Waals surface area contributed by atoms with Gasteiger partial charge in [-0.25, -0.2) is 4.79 Å². The molecule has 1 aliphatic heterocycles. The summed E-state index contributed by atoms with van der Waals surface area (Å²) in [6.45, 7) is 0.739. The largest absolute Gasteiger partial charge is 0.497 e. The fraction of sp³-hybridized carbons (Fsp3) is 0.318. The van der Waals surface area contributed by atoms with E-state index in [-0.39, 0.29) is 5.91 Å². The minimum Gasteiger partial charge on any atom is -0.497 e. The Morgan fingerprint density at radius 1 is 1.10 bits per heavy atom. The quantitative estimate of drug-likeness (QED) is 0.670. The maximum atomic E-state index is 12.3. The second-order valence-corrected chi connectivity index (χ2v) is 6.81. The molecule has 2 amide bonds. The Kier molecular flexibility index (Phi) is 6.90. The van der Waals surface area contributed by atoms with Crippen LogP contribution in [0.25, 0.3) is 0 Å². The van der Waals surface area contributed by atoms with Gasteiger partial charge in [-0.05, 0) is 36.2 Å². The Balaban J connectivity index is 1.56. The number of anilines is 1. The molecule has 30 heavy (non-hydrogen) atoms. The highest BCUT2D eigenvalue weighted by molar-refractivity contribution is 5.96. The second kappa shape index (κ2) is 9.78. The SMILES string of the molecule is COc1ccc(NC(=O)COC(=O)c2cccc(CN3CCCC3=O)c2)c(OC)c1. The van der Waals surface area contributed by atoms with Gasteiger partial charge in [0.05, 0.1) is 25.5 Å². The van der Waals surface area contributed by atoms with E-state index in [4.69, 9.17) is 14.2 Å². The van der Waals surface area contributed by atoms with Gasteiger partial charge in [-0.1, -0.05) is 12.1 Å². The van der Waals surface area contributed by atoms with Crippen LogP contribution in [-0.2, 0) is 20.9 Å². The zero-order chi connectivity index (χ0) is 21.5. The topological polar surface area (TPSA) is 94.2 Å². The molecule has 0 bridgehead atoms. The lowest BCUT2D eigenvalue weighted by Crippen LogP contribution is -2.24. The monoisotopic (exact) mass is 412 g/mol. The van der Waals surface area contributed by atoms with E-state index in [0.717, 1.165) is 18.5 Å². The second-order valence-electron chi connectivity index (χ2n) is 6.81. The first-order valence-corrected chi connectivity index (χ1v) is 9.56. The van der Waals surface area contributed by atoms with Crippen LogP contribution in [0.3, 0.4) is 0 Å². The smallest absolute Gasteiger partial charge is 0.338 e. The Bertz CT molecular complexity index is 943. The Hall–Kier alpha value is -3.55. The Morgan fingerprint density at radius 2 is 1.93 bits per heavy atom. The summed E-state index contributed by atoms with van der Waals surface area (Å²) >= 11 is 0. The number of benzene rings is 2. The Labute approximate surface area is 174 Å². The van der Waals surface area contributed by atoms with Crippen molar-refractivity contribution in [3.8, 4) is 11.5 Å². The fourth-order valence-electron chi connectivity index (χ4n) is 3.19. The van der Waals surface area contributed by atoms with Crippen LogP contribution in [0.15, 0.2) is 42.5 Å². The highest BCUT2D eigenvalue weighted by Gasteiger charge is 2.20. The molecule has 1 heterocycles. The van der Waals surface area contributed by atoms with E-state index in [1.807, 2.05) is 6.07 Å². The lowest BCUT2D eigenvalue weighted by atomic mass is 10.1. The summed E-state index contributed by atoms with van der Waals surface area (Å²) < 4.78 is 15.5. The Morgan fingerprint density at radius 3 is 2.63 bits per heavy atom. The van der Waals surface area contributed by atoms with Gasteiger partial charge < -0.3 is 24.4 Å². The van der Waals surface area contributed by atoms with Crippen LogP contribution < -0.4 is 14.8 Å². The lowest BCUT2D eigenvalue weighted by Gasteiger charge is -2.16. The highest BCUT2D eigenvalue weighted by Crippen LogP contribution is 2.28. The fourth-order valence-corrected chi connectivity index (χ4v) is 3.19. The zero-order valence-electron chi connectivity index (χ0n) is 17.0. The number of likely N-dealkylation sites (tertiary alicyclic amines) is 1. The molecular formula is C22H24N2O6. The highest BCUT2D eigenvalue weighted by atomic mass is 16.5. The summed E-state index contributed by atoms with van der Waals surface area (Å²) in [7, 11) is 3.01. The minimum atomic E-state index is -0.610. The van der Waals surface area contributed by atoms with Gasteiger partial charge in [-0.15, -0.1) is 0 Å². The van der Waals surface area contributed by atoms with Crippen LogP contribution >= 0.6 is 0 Å². The third kappa shape index (κ3) is 5.28. The first-order valence-electron chi connectivity index (χ1n) is 9.56. The number of ether oxygens (including phenoxy) is 3. The first-order chi connectivity index (χ1) is 14.5. The molecule has 1 fully saturated rings. The maximum absolute atomic E-state index is 12.3. The first kappa shape index (κ1) is 21.2. The van der Waals surface area contributed by atoms with Crippen LogP contribution in [0.5, 0.6) is 11.5 Å². The number of amides is 2. The molecule has 2 aromatic carbocycles. The van der Waals surface area contributed by atoms with Crippen molar-refractivity contribution in [3.05, 3.63) is 53.6 Å². The van der Waals surface area contributed by atoms with Crippen LogP contribution in [0.4, 0.5) is 5.69 Å². The molecule has 8 nitrogen and oxygen atoms in total. The van der Waals surface area contributed by atoms with E-state index in [2.05, 4.69) is 5.32 Å². The number of carbonyl (C=O) groups excluding carboxylic acids is 3. The van der Waals surface area contributed by atoms with Crippen molar-refractivity contribution in [3.63, 3.8) is 0 Å². The van der Waals surface area contributed by atoms with Gasteiger partial charge in [0.15, 0.2) is 6.61 Å². The van der Waals surface area contributed by atoms with Crippen molar-refractivity contribution >= 4 is 23.5 Å². The number of hydrogen-bond acceptors (Lipinski definition) is 6. The van der Waals surface area contributed by atoms with Crippen molar-refractivity contribution in [2.75, 3.05) is 32.7 Å². The molecule has 0 atom stereocenters. The molecule has 8 heteroatoms. The third-order valence-electron chi connectivity index (χ3n) is 4.72. The summed E-state index contributed by atoms with van der Waals surface area (Å²) in [5, 5.41) is 2.64. The summed E-state index contributed by atoms with van der Waals surface area (Å²) in [6.07, 6.45) is 1.42. The summed E-state index contributed by atoms with van der Waals surface area (Å²) in [6, 6.07) is 11.8. The molecule has 1 aliphatic rings. The van der Waals surface area contributed by atoms with Gasteiger partial charge in [-0.2, -0.15) is 0 Å². The normalized spacial score (nSPS) is 13.1. The van der Waals surface area contributed by atoms with E-state index in [9.17, 15) is 14.4 Å². The predicted molar refractivity (Wildman–Crippen MR) is 110 cm³/mol. The lowest BCUT2D eigenvalue weighted by molar-refractivity contribution is -0.128. The van der Waals surface area contributed by atoms with Crippen LogP contribution in [0, 0.1) is 0 Å². The summed E-state index contributed by atoms with van der Waals surface area (Å²) in [5.74, 6) is 0.0330.